The molecule has 0 aromatic carbocycles. The molecule has 0 radical (unpaired) electrons. The van der Waals surface area contributed by atoms with Crippen molar-refractivity contribution in [1.82, 2.24) is 9.88 Å². The summed E-state index contributed by atoms with van der Waals surface area (Å²) in [6.45, 7) is 3.50. The lowest BCUT2D eigenvalue weighted by molar-refractivity contribution is -0.114. The first kappa shape index (κ1) is 15.7. The molecule has 3 heterocycles. The molecule has 1 amide bonds. The second kappa shape index (κ2) is 6.41. The van der Waals surface area contributed by atoms with Gasteiger partial charge >= 0.3 is 0 Å². The van der Waals surface area contributed by atoms with Crippen molar-refractivity contribution in [3.8, 4) is 11.5 Å². The third-order valence-corrected chi connectivity index (χ3v) is 4.25. The first-order valence-electron chi connectivity index (χ1n) is 6.36. The number of nitrogens with zero attached hydrogens (tertiary/aromatic N) is 2. The number of fused-ring (bicyclic) bond motifs is 1. The fraction of sp³-hybridized carbons (Fsp3) is 0.286. The molecule has 3 aliphatic heterocycles. The maximum absolute atomic E-state index is 11.2. The Labute approximate surface area is 133 Å². The van der Waals surface area contributed by atoms with Gasteiger partial charge in [0.2, 0.25) is 5.89 Å². The number of halogens is 1. The van der Waals surface area contributed by atoms with E-state index in [0.717, 1.165) is 29.2 Å². The fourth-order valence-electron chi connectivity index (χ4n) is 2.18. The van der Waals surface area contributed by atoms with E-state index in [1.165, 1.54) is 11.8 Å². The van der Waals surface area contributed by atoms with Crippen LogP contribution >= 0.6 is 24.2 Å². The van der Waals surface area contributed by atoms with E-state index >= 15 is 0 Å². The molecule has 0 atom stereocenters. The zero-order chi connectivity index (χ0) is 14.1. The first-order chi connectivity index (χ1) is 9.63. The van der Waals surface area contributed by atoms with Crippen LogP contribution in [0.15, 0.2) is 33.9 Å². The summed E-state index contributed by atoms with van der Waals surface area (Å²) in [5.41, 5.74) is 7.41. The molecule has 0 unspecified atom stereocenters. The van der Waals surface area contributed by atoms with Crippen molar-refractivity contribution in [2.45, 2.75) is 13.5 Å². The third-order valence-electron chi connectivity index (χ3n) is 3.25. The molecule has 112 valence electrons. The summed E-state index contributed by atoms with van der Waals surface area (Å²) in [7, 11) is 0. The average molecular weight is 326 g/mol. The molecule has 7 heteroatoms. The van der Waals surface area contributed by atoms with Gasteiger partial charge in [-0.15, -0.1) is 24.2 Å². The standard InChI is InChI=1S/C14H15N3O2S.ClH/c1-9-6-10-2-3-16-14(10)19-11(9)7-17-4-5-20-12(8-17)13(15)18;/h2-3,6,8H,4-5,7H2,1H3,(H2,15,18);1H. The summed E-state index contributed by atoms with van der Waals surface area (Å²) in [6.07, 6.45) is 3.55. The zero-order valence-corrected chi connectivity index (χ0v) is 13.2. The van der Waals surface area contributed by atoms with Crippen molar-refractivity contribution >= 4 is 30.1 Å². The summed E-state index contributed by atoms with van der Waals surface area (Å²) in [5, 5.41) is 0. The summed E-state index contributed by atoms with van der Waals surface area (Å²) in [4.78, 5) is 18.1. The van der Waals surface area contributed by atoms with Gasteiger partial charge in [0.05, 0.1) is 11.4 Å². The minimum Gasteiger partial charge on any atom is -0.441 e. The second-order valence-corrected chi connectivity index (χ2v) is 5.87. The summed E-state index contributed by atoms with van der Waals surface area (Å²) >= 11 is 1.50. The fourth-order valence-corrected chi connectivity index (χ4v) is 3.09. The van der Waals surface area contributed by atoms with Gasteiger partial charge in [-0.25, -0.2) is 4.98 Å². The summed E-state index contributed by atoms with van der Waals surface area (Å²) in [6, 6.07) is 4.00. The van der Waals surface area contributed by atoms with Gasteiger partial charge in [0.1, 0.15) is 5.76 Å². The number of nitrogens with two attached hydrogens (primary N) is 1. The van der Waals surface area contributed by atoms with Gasteiger partial charge in [0.25, 0.3) is 5.91 Å². The maximum atomic E-state index is 11.2. The van der Waals surface area contributed by atoms with Gasteiger partial charge in [-0.2, -0.15) is 0 Å². The quantitative estimate of drug-likeness (QED) is 0.938. The van der Waals surface area contributed by atoms with E-state index in [4.69, 9.17) is 10.2 Å². The highest BCUT2D eigenvalue weighted by molar-refractivity contribution is 8.04. The van der Waals surface area contributed by atoms with E-state index in [1.54, 1.807) is 6.20 Å². The van der Waals surface area contributed by atoms with Crippen molar-refractivity contribution in [3.05, 3.63) is 40.8 Å². The summed E-state index contributed by atoms with van der Waals surface area (Å²) < 4.78 is 5.83. The molecule has 3 rings (SSSR count). The number of hydrogen-bond acceptors (Lipinski definition) is 5. The lowest BCUT2D eigenvalue weighted by Gasteiger charge is -2.25. The van der Waals surface area contributed by atoms with E-state index in [1.807, 2.05) is 19.2 Å². The molecule has 21 heavy (non-hydrogen) atoms. The van der Waals surface area contributed by atoms with Crippen molar-refractivity contribution in [1.29, 1.82) is 0 Å². The van der Waals surface area contributed by atoms with Crippen LogP contribution in [0.4, 0.5) is 0 Å². The van der Waals surface area contributed by atoms with Crippen LogP contribution < -0.4 is 5.73 Å². The highest BCUT2D eigenvalue weighted by atomic mass is 35.5. The molecule has 5 nitrogen and oxygen atoms in total. The number of carbonyl (C=O) groups is 1. The van der Waals surface area contributed by atoms with Crippen molar-refractivity contribution in [3.63, 3.8) is 0 Å². The second-order valence-electron chi connectivity index (χ2n) is 4.73. The minimum absolute atomic E-state index is 0. The van der Waals surface area contributed by atoms with Gasteiger partial charge in [-0.1, -0.05) is 0 Å². The molecular formula is C14H16ClN3O2S. The van der Waals surface area contributed by atoms with Crippen molar-refractivity contribution < 1.29 is 9.21 Å². The number of aromatic nitrogens is 1. The zero-order valence-electron chi connectivity index (χ0n) is 11.5. The predicted molar refractivity (Wildman–Crippen MR) is 85.3 cm³/mol. The molecule has 0 saturated carbocycles. The van der Waals surface area contributed by atoms with Gasteiger partial charge in [-0.3, -0.25) is 4.79 Å². The minimum atomic E-state index is -0.374. The van der Waals surface area contributed by atoms with Gasteiger partial charge in [0, 0.05) is 30.3 Å². The number of carbonyl (C=O) groups excluding carboxylic acids is 1. The van der Waals surface area contributed by atoms with Crippen LogP contribution in [-0.4, -0.2) is 28.1 Å². The molecule has 0 bridgehead atoms. The Hall–Kier alpha value is -1.66. The molecule has 0 aromatic heterocycles. The largest absolute Gasteiger partial charge is 0.441 e. The number of rotatable bonds is 3. The number of aryl methyl sites for hydroxylation is 1. The Kier molecular flexibility index (Phi) is 4.80. The maximum Gasteiger partial charge on any atom is 0.256 e. The molecule has 0 spiro atoms. The molecule has 3 aliphatic rings. The van der Waals surface area contributed by atoms with E-state index in [9.17, 15) is 4.79 Å². The van der Waals surface area contributed by atoms with Crippen molar-refractivity contribution in [2.24, 2.45) is 5.73 Å². The van der Waals surface area contributed by atoms with Crippen LogP contribution in [0.5, 0.6) is 0 Å². The van der Waals surface area contributed by atoms with E-state index in [2.05, 4.69) is 16.0 Å². The molecule has 0 saturated heterocycles. The Morgan fingerprint density at radius 3 is 3.14 bits per heavy atom. The van der Waals surface area contributed by atoms with Crippen LogP contribution in [0, 0.1) is 6.92 Å². The highest BCUT2D eigenvalue weighted by Crippen LogP contribution is 2.27. The number of amides is 1. The third kappa shape index (κ3) is 3.33. The Balaban J connectivity index is 0.00000161. The van der Waals surface area contributed by atoms with Gasteiger partial charge < -0.3 is 15.1 Å². The van der Waals surface area contributed by atoms with Crippen molar-refractivity contribution in [2.75, 3.05) is 12.3 Å². The smallest absolute Gasteiger partial charge is 0.256 e. The van der Waals surface area contributed by atoms with E-state index in [0.29, 0.717) is 17.3 Å². The van der Waals surface area contributed by atoms with E-state index in [-0.39, 0.29) is 18.3 Å². The molecule has 0 aliphatic carbocycles. The van der Waals surface area contributed by atoms with Crippen LogP contribution in [0.1, 0.15) is 11.3 Å². The molecular weight excluding hydrogens is 310 g/mol. The molecule has 2 N–H and O–H groups in total. The Bertz CT molecular complexity index is 656. The SMILES string of the molecule is Cc1cc2ccnc-2oc1CN1C=C(C(N)=O)SCC1.Cl. The van der Waals surface area contributed by atoms with E-state index < -0.39 is 0 Å². The summed E-state index contributed by atoms with van der Waals surface area (Å²) in [5.74, 6) is 1.99. The van der Waals surface area contributed by atoms with Gasteiger partial charge in [-0.05, 0) is 24.6 Å². The highest BCUT2D eigenvalue weighted by Gasteiger charge is 2.18. The van der Waals surface area contributed by atoms with Crippen LogP contribution in [-0.2, 0) is 11.3 Å². The lowest BCUT2D eigenvalue weighted by atomic mass is 10.1. The number of hydrogen-bond donors (Lipinski definition) is 1. The van der Waals surface area contributed by atoms with Crippen LogP contribution in [0.25, 0.3) is 11.5 Å². The monoisotopic (exact) mass is 325 g/mol. The van der Waals surface area contributed by atoms with Crippen LogP contribution in [0.3, 0.4) is 0 Å². The number of thioether (sulfide) groups is 1. The Morgan fingerprint density at radius 1 is 1.57 bits per heavy atom. The predicted octanol–water partition coefficient (Wildman–Crippen LogP) is 2.39. The normalized spacial score (nSPS) is 14.7. The van der Waals surface area contributed by atoms with Gasteiger partial charge in [0.15, 0.2) is 0 Å². The molecule has 0 fully saturated rings. The number of primary amides is 1. The first-order valence-corrected chi connectivity index (χ1v) is 7.34. The Morgan fingerprint density at radius 2 is 2.38 bits per heavy atom. The average Bonchev–Trinajstić information content (AvgIpc) is 2.86. The topological polar surface area (TPSA) is 72.4 Å². The lowest BCUT2D eigenvalue weighted by Crippen LogP contribution is -2.27. The van der Waals surface area contributed by atoms with Crippen LogP contribution in [0.2, 0.25) is 0 Å². The molecule has 0 aromatic rings.